The highest BCUT2D eigenvalue weighted by molar-refractivity contribution is 7.85. The first-order valence-electron chi connectivity index (χ1n) is 12.1. The molecule has 1 aromatic heterocycles. The van der Waals surface area contributed by atoms with E-state index in [-0.39, 0.29) is 23.8 Å². The van der Waals surface area contributed by atoms with Crippen molar-refractivity contribution in [3.05, 3.63) is 82.9 Å². The van der Waals surface area contributed by atoms with Crippen LogP contribution in [-0.2, 0) is 21.3 Å². The number of hydrogen-bond donors (Lipinski definition) is 2. The molecule has 1 saturated heterocycles. The van der Waals surface area contributed by atoms with Gasteiger partial charge in [0.2, 0.25) is 0 Å². The molecule has 0 aliphatic carbocycles. The van der Waals surface area contributed by atoms with Gasteiger partial charge in [-0.25, -0.2) is 0 Å². The number of aromatic hydroxyl groups is 1. The summed E-state index contributed by atoms with van der Waals surface area (Å²) in [6, 6.07) is 18.2. The van der Waals surface area contributed by atoms with Crippen LogP contribution in [0.5, 0.6) is 5.75 Å². The minimum Gasteiger partial charge on any atom is -0.505 e. The van der Waals surface area contributed by atoms with Crippen molar-refractivity contribution in [3.63, 3.8) is 0 Å². The van der Waals surface area contributed by atoms with Crippen LogP contribution in [0.15, 0.2) is 60.7 Å². The minimum atomic E-state index is -3.95. The number of nitrogens with zero attached hydrogens (tertiary/aromatic N) is 4. The fraction of sp³-hybridized carbons (Fsp3) is 0.296. The summed E-state index contributed by atoms with van der Waals surface area (Å²) in [7, 11) is -3.95. The van der Waals surface area contributed by atoms with E-state index in [0.29, 0.717) is 37.6 Å². The van der Waals surface area contributed by atoms with E-state index in [0.717, 1.165) is 27.7 Å². The van der Waals surface area contributed by atoms with E-state index in [1.807, 2.05) is 50.2 Å². The van der Waals surface area contributed by atoms with Crippen LogP contribution in [0.2, 0.25) is 0 Å². The van der Waals surface area contributed by atoms with E-state index in [1.165, 1.54) is 4.80 Å². The highest BCUT2D eigenvalue weighted by Crippen LogP contribution is 2.27. The molecule has 10 nitrogen and oxygen atoms in total. The highest BCUT2D eigenvalue weighted by atomic mass is 32.2. The fourth-order valence-electron chi connectivity index (χ4n) is 4.07. The van der Waals surface area contributed by atoms with Gasteiger partial charge in [-0.15, -0.1) is 15.0 Å². The number of aryl methyl sites for hydroxylation is 3. The van der Waals surface area contributed by atoms with Gasteiger partial charge < -0.3 is 14.7 Å². The molecule has 2 N–H and O–H groups in total. The minimum absolute atomic E-state index is 0.0466. The second-order valence-electron chi connectivity index (χ2n) is 9.07. The normalized spacial score (nSPS) is 13.7. The van der Waals surface area contributed by atoms with E-state index >= 15 is 0 Å². The Morgan fingerprint density at radius 2 is 1.58 bits per heavy atom. The number of fused-ring (bicyclic) bond motifs is 1. The van der Waals surface area contributed by atoms with Gasteiger partial charge in [0.05, 0.1) is 19.0 Å². The van der Waals surface area contributed by atoms with Gasteiger partial charge in [0.25, 0.3) is 16.0 Å². The third-order valence-electron chi connectivity index (χ3n) is 6.07. The molecule has 2 heterocycles. The molecule has 0 spiro atoms. The first kappa shape index (κ1) is 27.2. The highest BCUT2D eigenvalue weighted by Gasteiger charge is 2.18. The molecule has 0 atom stereocenters. The molecular weight excluding hydrogens is 508 g/mol. The molecule has 0 bridgehead atoms. The quantitative estimate of drug-likeness (QED) is 0.370. The molecule has 1 aliphatic heterocycles. The Hall–Kier alpha value is -3.80. The maximum Gasteiger partial charge on any atom is 0.265 e. The Kier molecular flexibility index (Phi) is 8.40. The van der Waals surface area contributed by atoms with Crippen LogP contribution in [0.1, 0.15) is 27.0 Å². The Morgan fingerprint density at radius 1 is 0.974 bits per heavy atom. The topological polar surface area (TPSA) is 135 Å². The number of carbonyl (C=O) groups excluding carboxylic acids is 1. The van der Waals surface area contributed by atoms with E-state index in [9.17, 15) is 18.3 Å². The number of rotatable bonds is 5. The van der Waals surface area contributed by atoms with Gasteiger partial charge in [-0.2, -0.15) is 8.42 Å². The van der Waals surface area contributed by atoms with Crippen molar-refractivity contribution >= 4 is 27.1 Å². The van der Waals surface area contributed by atoms with Gasteiger partial charge >= 0.3 is 0 Å². The third-order valence-corrected chi connectivity index (χ3v) is 6.79. The molecular formula is C27H30N4O6S. The zero-order valence-electron chi connectivity index (χ0n) is 21.2. The molecule has 0 saturated carbocycles. The van der Waals surface area contributed by atoms with Crippen molar-refractivity contribution in [1.29, 1.82) is 0 Å². The van der Waals surface area contributed by atoms with Crippen molar-refractivity contribution in [2.24, 2.45) is 0 Å². The summed E-state index contributed by atoms with van der Waals surface area (Å²) in [6.07, 6.45) is 0.227. The summed E-state index contributed by atoms with van der Waals surface area (Å²) in [5.74, 6) is -0.139. The third kappa shape index (κ3) is 6.94. The van der Waals surface area contributed by atoms with Gasteiger partial charge in [0.1, 0.15) is 22.5 Å². The number of carbonyl (C=O) groups is 1. The molecule has 5 rings (SSSR count). The first-order valence-corrected chi connectivity index (χ1v) is 13.8. The van der Waals surface area contributed by atoms with Gasteiger partial charge in [-0.3, -0.25) is 9.35 Å². The lowest BCUT2D eigenvalue weighted by molar-refractivity contribution is 0.0303. The predicted molar refractivity (Wildman–Crippen MR) is 143 cm³/mol. The van der Waals surface area contributed by atoms with Gasteiger partial charge in [-0.1, -0.05) is 30.3 Å². The lowest BCUT2D eigenvalue weighted by Gasteiger charge is -2.26. The molecule has 200 valence electrons. The standard InChI is InChI=1S/C14H13N3O.C13H17NO5S/c1-9-7-10(2)14(18)13(8-9)17-15-11-5-3-4-6-12(11)16-17;15-13(14-6-8-19-9-7-14)12-3-1-11(2-4-12)5-10-20(16,17)18/h3-8,18H,1-2H3;1-4H,5-10H2,(H,16,17,18). The largest absolute Gasteiger partial charge is 0.505 e. The number of phenolic OH excluding ortho intramolecular Hbond substituents is 1. The van der Waals surface area contributed by atoms with Crippen LogP contribution >= 0.6 is 0 Å². The van der Waals surface area contributed by atoms with Crippen molar-refractivity contribution in [2.45, 2.75) is 20.3 Å². The van der Waals surface area contributed by atoms with Crippen LogP contribution in [0.3, 0.4) is 0 Å². The van der Waals surface area contributed by atoms with E-state index in [1.54, 1.807) is 29.2 Å². The number of amides is 1. The maximum atomic E-state index is 12.2. The van der Waals surface area contributed by atoms with Crippen LogP contribution in [0.25, 0.3) is 16.7 Å². The molecule has 1 fully saturated rings. The van der Waals surface area contributed by atoms with Crippen LogP contribution < -0.4 is 0 Å². The average Bonchev–Trinajstić information content (AvgIpc) is 3.34. The van der Waals surface area contributed by atoms with Crippen molar-refractivity contribution in [2.75, 3.05) is 32.1 Å². The summed E-state index contributed by atoms with van der Waals surface area (Å²) in [6.45, 7) is 6.14. The zero-order chi connectivity index (χ0) is 27.3. The van der Waals surface area contributed by atoms with Crippen molar-refractivity contribution < 1.29 is 27.6 Å². The first-order chi connectivity index (χ1) is 18.1. The van der Waals surface area contributed by atoms with Crippen molar-refractivity contribution in [1.82, 2.24) is 19.9 Å². The van der Waals surface area contributed by atoms with Crippen LogP contribution in [0.4, 0.5) is 0 Å². The molecule has 3 aromatic carbocycles. The Labute approximate surface area is 221 Å². The summed E-state index contributed by atoms with van der Waals surface area (Å²) in [4.78, 5) is 15.4. The van der Waals surface area contributed by atoms with Gasteiger partial charge in [0, 0.05) is 18.7 Å². The summed E-state index contributed by atoms with van der Waals surface area (Å²) in [5.41, 5.74) is 5.48. The summed E-state index contributed by atoms with van der Waals surface area (Å²) < 4.78 is 35.2. The predicted octanol–water partition coefficient (Wildman–Crippen LogP) is 3.33. The number of ether oxygens (including phenoxy) is 1. The number of phenols is 1. The van der Waals surface area contributed by atoms with Crippen LogP contribution in [0, 0.1) is 13.8 Å². The Morgan fingerprint density at radius 3 is 2.16 bits per heavy atom. The lowest BCUT2D eigenvalue weighted by Crippen LogP contribution is -2.40. The number of aromatic nitrogens is 3. The van der Waals surface area contributed by atoms with Gasteiger partial charge in [-0.05, 0) is 67.3 Å². The van der Waals surface area contributed by atoms with Crippen LogP contribution in [-0.4, -0.2) is 75.9 Å². The molecule has 38 heavy (non-hydrogen) atoms. The average molecular weight is 539 g/mol. The summed E-state index contributed by atoms with van der Waals surface area (Å²) >= 11 is 0. The van der Waals surface area contributed by atoms with Crippen molar-refractivity contribution in [3.8, 4) is 11.4 Å². The molecule has 11 heteroatoms. The number of morpholine rings is 1. The molecule has 1 aliphatic rings. The SMILES string of the molecule is Cc1cc(C)c(O)c(-n2nc3ccccc3n2)c1.O=C(c1ccc(CCS(=O)(=O)O)cc1)N1CCOCC1. The maximum absolute atomic E-state index is 12.2. The van der Waals surface area contributed by atoms with E-state index in [2.05, 4.69) is 10.2 Å². The number of hydrogen-bond acceptors (Lipinski definition) is 7. The molecule has 4 aromatic rings. The molecule has 0 radical (unpaired) electrons. The van der Waals surface area contributed by atoms with E-state index < -0.39 is 10.1 Å². The Bertz CT molecular complexity index is 1490. The smallest absolute Gasteiger partial charge is 0.265 e. The fourth-order valence-corrected chi connectivity index (χ4v) is 4.56. The number of benzene rings is 3. The monoisotopic (exact) mass is 538 g/mol. The lowest BCUT2D eigenvalue weighted by atomic mass is 10.1. The Balaban J connectivity index is 0.000000178. The van der Waals surface area contributed by atoms with Gasteiger partial charge in [0.15, 0.2) is 0 Å². The second-order valence-corrected chi connectivity index (χ2v) is 10.6. The second kappa shape index (κ2) is 11.7. The molecule has 1 amide bonds. The zero-order valence-corrected chi connectivity index (χ0v) is 22.1. The molecule has 0 unspecified atom stereocenters. The summed E-state index contributed by atoms with van der Waals surface area (Å²) in [5, 5.41) is 18.8. The van der Waals surface area contributed by atoms with E-state index in [4.69, 9.17) is 9.29 Å².